The van der Waals surface area contributed by atoms with Gasteiger partial charge in [0, 0.05) is 101 Å². The molecule has 21 heteroatoms. The number of hydrogen-bond donors (Lipinski definition) is 2. The van der Waals surface area contributed by atoms with Crippen molar-refractivity contribution in [2.45, 2.75) is 97.6 Å². The molecule has 72 heavy (non-hydrogen) atoms. The highest BCUT2D eigenvalue weighted by atomic mass is 35.5. The van der Waals surface area contributed by atoms with E-state index in [1.54, 1.807) is 37.2 Å². The minimum Gasteiger partial charge on any atom is -0.380 e. The van der Waals surface area contributed by atoms with Gasteiger partial charge in [-0.05, 0) is 124 Å². The number of piperidine rings is 1. The van der Waals surface area contributed by atoms with E-state index in [1.807, 2.05) is 19.2 Å². The maximum Gasteiger partial charge on any atom is 0.501 e. The van der Waals surface area contributed by atoms with Gasteiger partial charge in [-0.25, -0.2) is 26.2 Å². The molecule has 2 fully saturated rings. The van der Waals surface area contributed by atoms with Gasteiger partial charge in [0.05, 0.1) is 16.3 Å². The third-order valence-electron chi connectivity index (χ3n) is 14.2. The number of nitrogens with one attached hydrogen (secondary N) is 2. The van der Waals surface area contributed by atoms with Crippen LogP contribution in [0.2, 0.25) is 5.02 Å². The van der Waals surface area contributed by atoms with Crippen LogP contribution in [-0.2, 0) is 32.8 Å². The van der Waals surface area contributed by atoms with Gasteiger partial charge in [0.25, 0.3) is 19.9 Å². The molecule has 2 saturated heterocycles. The summed E-state index contributed by atoms with van der Waals surface area (Å²) < 4.78 is 126. The molecule has 3 aliphatic heterocycles. The summed E-state index contributed by atoms with van der Waals surface area (Å²) in [6.07, 6.45) is 4.88. The number of allylic oxidation sites excluding steroid dienone is 1. The van der Waals surface area contributed by atoms with Crippen molar-refractivity contribution in [1.82, 2.24) is 29.6 Å². The average molecular weight is 1080 g/mol. The van der Waals surface area contributed by atoms with Crippen LogP contribution in [0.1, 0.15) is 70.6 Å². The van der Waals surface area contributed by atoms with Crippen LogP contribution in [0.4, 0.5) is 35.0 Å². The van der Waals surface area contributed by atoms with Crippen LogP contribution in [-0.4, -0.2) is 150 Å². The summed E-state index contributed by atoms with van der Waals surface area (Å²) in [4.78, 5) is 18.2. The van der Waals surface area contributed by atoms with Crippen LogP contribution in [0, 0.1) is 11.2 Å². The molecule has 392 valence electrons. The molecule has 0 saturated carbocycles. The second-order valence-corrected chi connectivity index (χ2v) is 25.5. The van der Waals surface area contributed by atoms with Gasteiger partial charge in [-0.1, -0.05) is 55.3 Å². The average Bonchev–Trinajstić information content (AvgIpc) is 3.34. The fraction of sp³-hybridized carbons (Fsp3) is 0.529. The number of sulfonamides is 1. The fourth-order valence-electron chi connectivity index (χ4n) is 9.89. The molecule has 2 N–H and O–H groups in total. The molecular formula is C51H66ClF4N9O4S3. The Hall–Kier alpha value is -4.02. The van der Waals surface area contributed by atoms with Crippen molar-refractivity contribution in [3.8, 4) is 0 Å². The summed E-state index contributed by atoms with van der Waals surface area (Å²) in [5.41, 5.74) is -1.04. The summed E-state index contributed by atoms with van der Waals surface area (Å²) in [5, 5.41) is 3.69. The number of sulfone groups is 1. The van der Waals surface area contributed by atoms with Gasteiger partial charge >= 0.3 is 5.51 Å². The zero-order chi connectivity index (χ0) is 52.5. The Balaban J connectivity index is 1.01. The third kappa shape index (κ3) is 13.1. The smallest absolute Gasteiger partial charge is 0.380 e. The van der Waals surface area contributed by atoms with Gasteiger partial charge in [-0.3, -0.25) is 14.5 Å². The lowest BCUT2D eigenvalue weighted by Crippen LogP contribution is -2.47. The SMILES string of the molecule is [2H]C1(N2CCc3c(nc(N(C)C)nc3NS(=O)(=O)c3ccc(NC(CCN4CCN(C)CC4)CSc4ccccc4F)c(S(=O)(=O)C(F)(F)F)c3)C2)CCN(CC2=C(c3ccc(Cl)cc3)CC(C)(C)CC2)CC1. The summed E-state index contributed by atoms with van der Waals surface area (Å²) in [6, 6.07) is 15.2. The normalized spacial score (nSPS) is 20.2. The summed E-state index contributed by atoms with van der Waals surface area (Å²) >= 11 is 7.39. The second kappa shape index (κ2) is 22.4. The van der Waals surface area contributed by atoms with Crippen molar-refractivity contribution >= 4 is 66.3 Å². The number of nitrogens with zero attached hydrogens (tertiary/aromatic N) is 7. The monoisotopic (exact) mass is 1080 g/mol. The number of fused-ring (bicyclic) bond motifs is 1. The number of piperazine rings is 1. The van der Waals surface area contributed by atoms with Crippen molar-refractivity contribution < 1.29 is 35.8 Å². The molecule has 4 aromatic rings. The van der Waals surface area contributed by atoms with Crippen LogP contribution in [0.25, 0.3) is 5.57 Å². The Bertz CT molecular complexity index is 2880. The molecule has 13 nitrogen and oxygen atoms in total. The number of thioether (sulfide) groups is 1. The van der Waals surface area contributed by atoms with Crippen LogP contribution in [0.15, 0.2) is 87.0 Å². The topological polar surface area (TPSA) is 134 Å². The molecule has 1 atom stereocenters. The first-order chi connectivity index (χ1) is 34.4. The maximum absolute atomic E-state index is 14.7. The highest BCUT2D eigenvalue weighted by molar-refractivity contribution is 7.99. The van der Waals surface area contributed by atoms with Crippen molar-refractivity contribution in [3.05, 3.63) is 100.0 Å². The van der Waals surface area contributed by atoms with Crippen LogP contribution >= 0.6 is 23.4 Å². The standard InChI is InChI=1S/C51H66ClF4N9O4S3/c1-50(2)21-16-36(42(31-50)35-10-12-37(52)13-11-35)32-64-23-18-39(19-24-64)65-25-20-41-45(33-65)58-49(61(3)4)59-48(41)60-72(68,69)40-14-15-44(47(30-40)71(66,67)51(54,55)56)57-38(17-22-63-28-26-62(5)27-29-63)34-70-46-9-7-6-8-43(46)53/h6-15,30,38-39,57H,16-29,31-34H2,1-5H3,(H,58,59,60)/i39D. The van der Waals surface area contributed by atoms with Crippen LogP contribution in [0.5, 0.6) is 0 Å². The highest BCUT2D eigenvalue weighted by Gasteiger charge is 2.48. The van der Waals surface area contributed by atoms with Gasteiger partial charge < -0.3 is 20.0 Å². The van der Waals surface area contributed by atoms with E-state index < -0.39 is 58.7 Å². The van der Waals surface area contributed by atoms with E-state index in [0.717, 1.165) is 89.0 Å². The predicted molar refractivity (Wildman–Crippen MR) is 280 cm³/mol. The van der Waals surface area contributed by atoms with Gasteiger partial charge in [0.1, 0.15) is 16.5 Å². The van der Waals surface area contributed by atoms with Crippen molar-refractivity contribution in [3.63, 3.8) is 0 Å². The molecule has 0 amide bonds. The molecule has 4 heterocycles. The number of alkyl halides is 3. The van der Waals surface area contributed by atoms with E-state index in [9.17, 15) is 35.8 Å². The lowest BCUT2D eigenvalue weighted by molar-refractivity contribution is -0.0435. The number of halogens is 5. The number of hydrogen-bond acceptors (Lipinski definition) is 13. The minimum absolute atomic E-state index is 0.0841. The molecule has 8 rings (SSSR count). The van der Waals surface area contributed by atoms with Crippen LogP contribution in [0.3, 0.4) is 0 Å². The number of rotatable bonds is 17. The molecule has 1 aliphatic carbocycles. The zero-order valence-electron chi connectivity index (χ0n) is 42.5. The predicted octanol–water partition coefficient (Wildman–Crippen LogP) is 9.13. The first-order valence-electron chi connectivity index (χ1n) is 24.9. The van der Waals surface area contributed by atoms with Crippen molar-refractivity contribution in [1.29, 1.82) is 0 Å². The van der Waals surface area contributed by atoms with E-state index >= 15 is 0 Å². The van der Waals surface area contributed by atoms with Gasteiger partial charge in [0.2, 0.25) is 5.95 Å². The molecule has 3 aromatic carbocycles. The third-order valence-corrected chi connectivity index (χ3v) is 18.6. The molecule has 0 spiro atoms. The molecular weight excluding hydrogens is 1010 g/mol. The summed E-state index contributed by atoms with van der Waals surface area (Å²) in [5.74, 6) is -0.222. The Kier molecular flexibility index (Phi) is 16.5. The van der Waals surface area contributed by atoms with E-state index in [2.05, 4.69) is 60.6 Å². The lowest BCUT2D eigenvalue weighted by atomic mass is 9.72. The number of likely N-dealkylation sites (tertiary alicyclic amines) is 1. The number of anilines is 3. The Morgan fingerprint density at radius 2 is 1.64 bits per heavy atom. The number of likely N-dealkylation sites (N-methyl/N-ethyl adjacent to an activating group) is 1. The van der Waals surface area contributed by atoms with Gasteiger partial charge in [-0.15, -0.1) is 11.8 Å². The van der Waals surface area contributed by atoms with Gasteiger partial charge in [-0.2, -0.15) is 18.2 Å². The van der Waals surface area contributed by atoms with E-state index in [1.165, 1.54) is 22.8 Å². The highest BCUT2D eigenvalue weighted by Crippen LogP contribution is 2.44. The van der Waals surface area contributed by atoms with Crippen LogP contribution < -0.4 is 14.9 Å². The fourth-order valence-corrected chi connectivity index (χ4v) is 13.1. The first-order valence-corrected chi connectivity index (χ1v) is 28.8. The second-order valence-electron chi connectivity index (χ2n) is 20.4. The number of benzene rings is 3. The maximum atomic E-state index is 14.7. The Morgan fingerprint density at radius 3 is 2.32 bits per heavy atom. The van der Waals surface area contributed by atoms with E-state index in [-0.39, 0.29) is 35.9 Å². The first kappa shape index (κ1) is 52.8. The van der Waals surface area contributed by atoms with Gasteiger partial charge in [0.15, 0.2) is 0 Å². The summed E-state index contributed by atoms with van der Waals surface area (Å²) in [7, 11) is -5.50. The number of aromatic nitrogens is 2. The molecule has 4 aliphatic rings. The molecule has 0 radical (unpaired) electrons. The molecule has 1 aromatic heterocycles. The Labute approximate surface area is 433 Å². The quantitative estimate of drug-likeness (QED) is 0.0770. The Morgan fingerprint density at radius 1 is 0.931 bits per heavy atom. The zero-order valence-corrected chi connectivity index (χ0v) is 44.7. The summed E-state index contributed by atoms with van der Waals surface area (Å²) in [6.45, 7) is 11.2. The molecule has 1 unspecified atom stereocenters. The van der Waals surface area contributed by atoms with E-state index in [4.69, 9.17) is 16.6 Å². The van der Waals surface area contributed by atoms with E-state index in [0.29, 0.717) is 59.6 Å². The lowest BCUT2D eigenvalue weighted by Gasteiger charge is -2.42. The van der Waals surface area contributed by atoms with Crippen molar-refractivity contribution in [2.75, 3.05) is 101 Å². The van der Waals surface area contributed by atoms with Crippen molar-refractivity contribution in [2.24, 2.45) is 5.41 Å². The minimum atomic E-state index is -6.11. The molecule has 0 bridgehead atoms. The largest absolute Gasteiger partial charge is 0.501 e.